The summed E-state index contributed by atoms with van der Waals surface area (Å²) in [4.78, 5) is 12.7. The highest BCUT2D eigenvalue weighted by Gasteiger charge is 2.24. The van der Waals surface area contributed by atoms with Gasteiger partial charge < -0.3 is 14.9 Å². The van der Waals surface area contributed by atoms with E-state index in [1.807, 2.05) is 6.92 Å². The van der Waals surface area contributed by atoms with Gasteiger partial charge in [0.15, 0.2) is 0 Å². The topological polar surface area (TPSA) is 66.8 Å². The fourth-order valence-corrected chi connectivity index (χ4v) is 4.71. The van der Waals surface area contributed by atoms with Crippen molar-refractivity contribution < 1.29 is 19.7 Å². The van der Waals surface area contributed by atoms with Crippen LogP contribution in [0.4, 0.5) is 0 Å². The van der Waals surface area contributed by atoms with Crippen LogP contribution in [0.5, 0.6) is 0 Å². The van der Waals surface area contributed by atoms with E-state index in [1.165, 1.54) is 103 Å². The SMILES string of the molecule is CCCCCCCCCCCCC(CC(O)CO)C(=O)OC(C)CCCCCCCCCCC. The Balaban J connectivity index is 4.01. The van der Waals surface area contributed by atoms with Gasteiger partial charge in [0, 0.05) is 0 Å². The second kappa shape index (κ2) is 25.5. The van der Waals surface area contributed by atoms with E-state index in [2.05, 4.69) is 13.8 Å². The summed E-state index contributed by atoms with van der Waals surface area (Å²) in [5.74, 6) is -0.492. The van der Waals surface area contributed by atoms with E-state index in [4.69, 9.17) is 4.74 Å². The normalized spacial score (nSPS) is 14.1. The number of carbonyl (C=O) groups excluding carboxylic acids is 1. The van der Waals surface area contributed by atoms with Crippen LogP contribution >= 0.6 is 0 Å². The van der Waals surface area contributed by atoms with Crippen LogP contribution in [0.2, 0.25) is 0 Å². The number of carbonyl (C=O) groups is 1. The number of aliphatic hydroxyl groups is 2. The fraction of sp³-hybridized carbons (Fsp3) is 0.967. The van der Waals surface area contributed by atoms with Crippen molar-refractivity contribution >= 4 is 5.97 Å². The third-order valence-electron chi connectivity index (χ3n) is 7.04. The average molecular weight is 485 g/mol. The summed E-state index contributed by atoms with van der Waals surface area (Å²) in [6.07, 6.45) is 25.3. The van der Waals surface area contributed by atoms with Gasteiger partial charge in [0.1, 0.15) is 0 Å². The summed E-state index contributed by atoms with van der Waals surface area (Å²) in [5, 5.41) is 19.1. The Morgan fingerprint density at radius 2 is 1.03 bits per heavy atom. The van der Waals surface area contributed by atoms with Crippen molar-refractivity contribution in [3.8, 4) is 0 Å². The molecular formula is C30H60O4. The number of esters is 1. The lowest BCUT2D eigenvalue weighted by atomic mass is 9.94. The van der Waals surface area contributed by atoms with Crippen molar-refractivity contribution in [1.29, 1.82) is 0 Å². The molecule has 2 N–H and O–H groups in total. The molecule has 4 nitrogen and oxygen atoms in total. The lowest BCUT2D eigenvalue weighted by molar-refractivity contribution is -0.155. The van der Waals surface area contributed by atoms with Crippen LogP contribution in [0.1, 0.15) is 162 Å². The highest BCUT2D eigenvalue weighted by atomic mass is 16.5. The fourth-order valence-electron chi connectivity index (χ4n) is 4.71. The van der Waals surface area contributed by atoms with Gasteiger partial charge in [0.25, 0.3) is 0 Å². The predicted molar refractivity (Wildman–Crippen MR) is 145 cm³/mol. The zero-order chi connectivity index (χ0) is 25.3. The Morgan fingerprint density at radius 1 is 0.647 bits per heavy atom. The van der Waals surface area contributed by atoms with Gasteiger partial charge >= 0.3 is 5.97 Å². The first kappa shape index (κ1) is 33.4. The Kier molecular flexibility index (Phi) is 25.0. The molecule has 0 aromatic carbocycles. The maximum atomic E-state index is 12.7. The molecule has 3 unspecified atom stereocenters. The molecule has 0 saturated carbocycles. The zero-order valence-electron chi connectivity index (χ0n) is 23.2. The van der Waals surface area contributed by atoms with E-state index in [1.54, 1.807) is 0 Å². The maximum absolute atomic E-state index is 12.7. The molecule has 0 aliphatic heterocycles. The molecule has 0 saturated heterocycles. The third-order valence-corrected chi connectivity index (χ3v) is 7.04. The molecule has 0 amide bonds. The van der Waals surface area contributed by atoms with Gasteiger partial charge in [-0.05, 0) is 32.6 Å². The van der Waals surface area contributed by atoms with Crippen LogP contribution in [0, 0.1) is 5.92 Å². The summed E-state index contributed by atoms with van der Waals surface area (Å²) in [6.45, 7) is 6.20. The molecule has 0 aliphatic carbocycles. The smallest absolute Gasteiger partial charge is 0.309 e. The highest BCUT2D eigenvalue weighted by molar-refractivity contribution is 5.72. The van der Waals surface area contributed by atoms with Crippen molar-refractivity contribution in [2.75, 3.05) is 6.61 Å². The van der Waals surface area contributed by atoms with Crippen LogP contribution in [0.15, 0.2) is 0 Å². The number of hydrogen-bond donors (Lipinski definition) is 2. The summed E-state index contributed by atoms with van der Waals surface area (Å²) >= 11 is 0. The van der Waals surface area contributed by atoms with Gasteiger partial charge in [-0.15, -0.1) is 0 Å². The Labute approximate surface area is 212 Å². The largest absolute Gasteiger partial charge is 0.462 e. The molecule has 0 aliphatic rings. The van der Waals surface area contributed by atoms with Crippen molar-refractivity contribution in [2.24, 2.45) is 5.92 Å². The molecule has 0 spiro atoms. The van der Waals surface area contributed by atoms with E-state index >= 15 is 0 Å². The summed E-state index contributed by atoms with van der Waals surface area (Å²) in [7, 11) is 0. The van der Waals surface area contributed by atoms with E-state index < -0.39 is 6.10 Å². The van der Waals surface area contributed by atoms with Crippen LogP contribution < -0.4 is 0 Å². The second-order valence-electron chi connectivity index (χ2n) is 10.6. The summed E-state index contributed by atoms with van der Waals surface area (Å²) < 4.78 is 5.74. The molecule has 0 rings (SSSR count). The van der Waals surface area contributed by atoms with Crippen LogP contribution in [-0.4, -0.2) is 35.0 Å². The minimum Gasteiger partial charge on any atom is -0.462 e. The van der Waals surface area contributed by atoms with E-state index in [-0.39, 0.29) is 24.6 Å². The summed E-state index contributed by atoms with van der Waals surface area (Å²) in [5.41, 5.74) is 0. The molecule has 34 heavy (non-hydrogen) atoms. The Hall–Kier alpha value is -0.610. The minimum absolute atomic E-state index is 0.0708. The summed E-state index contributed by atoms with van der Waals surface area (Å²) in [6, 6.07) is 0. The third kappa shape index (κ3) is 21.9. The first-order valence-electron chi connectivity index (χ1n) is 15.0. The highest BCUT2D eigenvalue weighted by Crippen LogP contribution is 2.21. The van der Waals surface area contributed by atoms with Crippen molar-refractivity contribution in [2.45, 2.75) is 174 Å². The van der Waals surface area contributed by atoms with Gasteiger partial charge in [-0.2, -0.15) is 0 Å². The lowest BCUT2D eigenvalue weighted by Crippen LogP contribution is -2.27. The molecule has 4 heteroatoms. The van der Waals surface area contributed by atoms with Crippen molar-refractivity contribution in [1.82, 2.24) is 0 Å². The molecule has 0 heterocycles. The van der Waals surface area contributed by atoms with Gasteiger partial charge in [0.2, 0.25) is 0 Å². The predicted octanol–water partition coefficient (Wildman–Crippen LogP) is 8.51. The quantitative estimate of drug-likeness (QED) is 0.0953. The van der Waals surface area contributed by atoms with Crippen LogP contribution in [0.3, 0.4) is 0 Å². The van der Waals surface area contributed by atoms with E-state index in [9.17, 15) is 15.0 Å². The average Bonchev–Trinajstić information content (AvgIpc) is 2.83. The second-order valence-corrected chi connectivity index (χ2v) is 10.6. The first-order chi connectivity index (χ1) is 16.5. The molecule has 0 aromatic rings. The molecular weight excluding hydrogens is 424 g/mol. The molecule has 0 aromatic heterocycles. The number of rotatable bonds is 26. The van der Waals surface area contributed by atoms with Crippen LogP contribution in [-0.2, 0) is 9.53 Å². The maximum Gasteiger partial charge on any atom is 0.309 e. The standard InChI is InChI=1S/C30H60O4/c1-4-6-8-10-12-14-16-18-20-22-24-28(25-29(32)26-31)30(33)34-27(3)23-21-19-17-15-13-11-9-7-5-2/h27-29,31-32H,4-26H2,1-3H3. The van der Waals surface area contributed by atoms with Gasteiger partial charge in [-0.3, -0.25) is 4.79 Å². The number of ether oxygens (including phenoxy) is 1. The van der Waals surface area contributed by atoms with Gasteiger partial charge in [0.05, 0.1) is 24.7 Å². The molecule has 0 radical (unpaired) electrons. The lowest BCUT2D eigenvalue weighted by Gasteiger charge is -2.21. The molecule has 0 fully saturated rings. The Morgan fingerprint density at radius 3 is 1.44 bits per heavy atom. The zero-order valence-corrected chi connectivity index (χ0v) is 23.2. The minimum atomic E-state index is -0.840. The number of unbranched alkanes of at least 4 members (excludes halogenated alkanes) is 17. The Bertz CT molecular complexity index is 426. The molecule has 204 valence electrons. The van der Waals surface area contributed by atoms with E-state index in [0.29, 0.717) is 6.42 Å². The number of hydrogen-bond acceptors (Lipinski definition) is 4. The van der Waals surface area contributed by atoms with Crippen molar-refractivity contribution in [3.63, 3.8) is 0 Å². The van der Waals surface area contributed by atoms with Crippen molar-refractivity contribution in [3.05, 3.63) is 0 Å². The van der Waals surface area contributed by atoms with Crippen LogP contribution in [0.25, 0.3) is 0 Å². The monoisotopic (exact) mass is 484 g/mol. The molecule has 3 atom stereocenters. The number of aliphatic hydroxyl groups excluding tert-OH is 2. The molecule has 0 bridgehead atoms. The first-order valence-corrected chi connectivity index (χ1v) is 15.0. The van der Waals surface area contributed by atoms with Gasteiger partial charge in [-0.1, -0.05) is 129 Å². The van der Waals surface area contributed by atoms with Gasteiger partial charge in [-0.25, -0.2) is 0 Å². The van der Waals surface area contributed by atoms with E-state index in [0.717, 1.165) is 32.1 Å².